The van der Waals surface area contributed by atoms with Crippen molar-refractivity contribution in [1.82, 2.24) is 10.3 Å². The summed E-state index contributed by atoms with van der Waals surface area (Å²) in [5.74, 6) is 0.510. The number of halogens is 2. The Morgan fingerprint density at radius 1 is 1.43 bits per heavy atom. The summed E-state index contributed by atoms with van der Waals surface area (Å²) >= 11 is 13.4. The molecule has 0 aliphatic carbocycles. The number of benzene rings is 1. The fraction of sp³-hybridized carbons (Fsp3) is 0.357. The van der Waals surface area contributed by atoms with Crippen molar-refractivity contribution in [1.29, 1.82) is 0 Å². The van der Waals surface area contributed by atoms with E-state index in [0.717, 1.165) is 10.7 Å². The van der Waals surface area contributed by atoms with Crippen LogP contribution in [0, 0.1) is 6.92 Å². The Balaban J connectivity index is 1.70. The van der Waals surface area contributed by atoms with E-state index in [9.17, 15) is 5.11 Å². The number of aliphatic hydroxyl groups is 1. The number of aliphatic hydroxyl groups excluding tert-OH is 1. The maximum atomic E-state index is 9.87. The molecule has 2 rings (SSSR count). The molecule has 7 heteroatoms. The van der Waals surface area contributed by atoms with Gasteiger partial charge in [0.1, 0.15) is 23.5 Å². The second-order valence-corrected chi connectivity index (χ2v) is 6.34. The van der Waals surface area contributed by atoms with Crippen molar-refractivity contribution in [2.45, 2.75) is 19.6 Å². The lowest BCUT2D eigenvalue weighted by Gasteiger charge is -2.13. The van der Waals surface area contributed by atoms with E-state index in [4.69, 9.17) is 27.9 Å². The molecule has 0 spiro atoms. The predicted octanol–water partition coefficient (Wildman–Crippen LogP) is 3.29. The molecule has 114 valence electrons. The molecule has 0 radical (unpaired) electrons. The lowest BCUT2D eigenvalue weighted by atomic mass is 10.3. The quantitative estimate of drug-likeness (QED) is 0.807. The molecule has 4 nitrogen and oxygen atoms in total. The third-order valence-corrected chi connectivity index (χ3v) is 4.15. The van der Waals surface area contributed by atoms with Gasteiger partial charge in [0.2, 0.25) is 0 Å². The van der Waals surface area contributed by atoms with Crippen molar-refractivity contribution in [3.05, 3.63) is 44.3 Å². The van der Waals surface area contributed by atoms with Gasteiger partial charge in [-0.05, 0) is 25.1 Å². The molecule has 2 aromatic rings. The van der Waals surface area contributed by atoms with Crippen LogP contribution in [0.4, 0.5) is 0 Å². The van der Waals surface area contributed by atoms with E-state index in [-0.39, 0.29) is 6.61 Å². The maximum Gasteiger partial charge on any atom is 0.138 e. The third kappa shape index (κ3) is 5.45. The third-order valence-electron chi connectivity index (χ3n) is 2.65. The standard InChI is InChI=1S/C14H16Cl2N2O2S/c1-9-8-21-14(18-9)6-17-5-11(19)7-20-13-3-2-10(15)4-12(13)16/h2-4,8,11,17,19H,5-7H2,1H3. The molecule has 1 unspecified atom stereocenters. The monoisotopic (exact) mass is 346 g/mol. The van der Waals surface area contributed by atoms with Gasteiger partial charge in [0, 0.05) is 29.2 Å². The Morgan fingerprint density at radius 3 is 2.90 bits per heavy atom. The fourth-order valence-corrected chi connectivity index (χ4v) is 2.87. The predicted molar refractivity (Wildman–Crippen MR) is 86.5 cm³/mol. The molecule has 0 bridgehead atoms. The number of aromatic nitrogens is 1. The van der Waals surface area contributed by atoms with E-state index in [1.807, 2.05) is 12.3 Å². The summed E-state index contributed by atoms with van der Waals surface area (Å²) in [6.07, 6.45) is -0.627. The van der Waals surface area contributed by atoms with Crippen molar-refractivity contribution >= 4 is 34.5 Å². The highest BCUT2D eigenvalue weighted by Gasteiger charge is 2.08. The molecule has 1 heterocycles. The summed E-state index contributed by atoms with van der Waals surface area (Å²) < 4.78 is 5.47. The fourth-order valence-electron chi connectivity index (χ4n) is 1.67. The van der Waals surface area contributed by atoms with E-state index < -0.39 is 6.10 Å². The minimum atomic E-state index is -0.627. The number of thiazole rings is 1. The van der Waals surface area contributed by atoms with E-state index in [2.05, 4.69) is 10.3 Å². The van der Waals surface area contributed by atoms with Gasteiger partial charge < -0.3 is 15.2 Å². The first-order valence-corrected chi connectivity index (χ1v) is 8.06. The Labute approximate surface area is 137 Å². The van der Waals surface area contributed by atoms with Gasteiger partial charge in [-0.25, -0.2) is 4.98 Å². The van der Waals surface area contributed by atoms with Crippen LogP contribution in [0.1, 0.15) is 10.7 Å². The van der Waals surface area contributed by atoms with Crippen LogP contribution in [-0.2, 0) is 6.54 Å². The zero-order valence-corrected chi connectivity index (χ0v) is 13.8. The Hall–Kier alpha value is -0.850. The Kier molecular flexibility index (Phi) is 6.26. The normalized spacial score (nSPS) is 12.4. The molecular formula is C14H16Cl2N2O2S. The van der Waals surface area contributed by atoms with Crippen LogP contribution in [0.2, 0.25) is 10.0 Å². The summed E-state index contributed by atoms with van der Waals surface area (Å²) in [6.45, 7) is 3.17. The van der Waals surface area contributed by atoms with Crippen LogP contribution < -0.4 is 10.1 Å². The zero-order chi connectivity index (χ0) is 15.2. The molecular weight excluding hydrogens is 331 g/mol. The number of hydrogen-bond donors (Lipinski definition) is 2. The number of nitrogens with one attached hydrogen (secondary N) is 1. The highest BCUT2D eigenvalue weighted by Crippen LogP contribution is 2.27. The summed E-state index contributed by atoms with van der Waals surface area (Å²) in [5.41, 5.74) is 1.01. The van der Waals surface area contributed by atoms with Gasteiger partial charge in [0.25, 0.3) is 0 Å². The molecule has 0 amide bonds. The van der Waals surface area contributed by atoms with E-state index in [1.165, 1.54) is 0 Å². The molecule has 0 aliphatic rings. The molecule has 1 aromatic carbocycles. The molecule has 21 heavy (non-hydrogen) atoms. The van der Waals surface area contributed by atoms with Gasteiger partial charge in [-0.2, -0.15) is 0 Å². The van der Waals surface area contributed by atoms with Gasteiger partial charge in [0.05, 0.1) is 5.02 Å². The van der Waals surface area contributed by atoms with Crippen molar-refractivity contribution < 1.29 is 9.84 Å². The van der Waals surface area contributed by atoms with Crippen molar-refractivity contribution in [2.24, 2.45) is 0 Å². The lowest BCUT2D eigenvalue weighted by Crippen LogP contribution is -2.31. The molecule has 1 aromatic heterocycles. The van der Waals surface area contributed by atoms with Crippen LogP contribution in [0.5, 0.6) is 5.75 Å². The molecule has 0 aliphatic heterocycles. The summed E-state index contributed by atoms with van der Waals surface area (Å²) in [7, 11) is 0. The first kappa shape index (κ1) is 16.5. The van der Waals surface area contributed by atoms with Crippen LogP contribution in [0.25, 0.3) is 0 Å². The minimum absolute atomic E-state index is 0.158. The Bertz CT molecular complexity index is 592. The topological polar surface area (TPSA) is 54.4 Å². The van der Waals surface area contributed by atoms with E-state index in [0.29, 0.717) is 28.9 Å². The van der Waals surface area contributed by atoms with Gasteiger partial charge in [0.15, 0.2) is 0 Å². The molecule has 1 atom stereocenters. The van der Waals surface area contributed by atoms with Crippen molar-refractivity contribution in [3.8, 4) is 5.75 Å². The van der Waals surface area contributed by atoms with Crippen molar-refractivity contribution in [2.75, 3.05) is 13.2 Å². The molecule has 0 fully saturated rings. The minimum Gasteiger partial charge on any atom is -0.489 e. The number of nitrogens with zero attached hydrogens (tertiary/aromatic N) is 1. The van der Waals surface area contributed by atoms with Gasteiger partial charge in [-0.3, -0.25) is 0 Å². The van der Waals surface area contributed by atoms with Gasteiger partial charge in [-0.15, -0.1) is 11.3 Å². The Morgan fingerprint density at radius 2 is 2.24 bits per heavy atom. The smallest absolute Gasteiger partial charge is 0.138 e. The molecule has 2 N–H and O–H groups in total. The average Bonchev–Trinajstić information content (AvgIpc) is 2.83. The van der Waals surface area contributed by atoms with Crippen LogP contribution >= 0.6 is 34.5 Å². The van der Waals surface area contributed by atoms with Crippen molar-refractivity contribution in [3.63, 3.8) is 0 Å². The van der Waals surface area contributed by atoms with Crippen LogP contribution in [0.15, 0.2) is 23.6 Å². The molecule has 0 saturated carbocycles. The lowest BCUT2D eigenvalue weighted by molar-refractivity contribution is 0.106. The van der Waals surface area contributed by atoms with Crippen LogP contribution in [0.3, 0.4) is 0 Å². The van der Waals surface area contributed by atoms with Gasteiger partial charge in [-0.1, -0.05) is 23.2 Å². The van der Waals surface area contributed by atoms with Crippen LogP contribution in [-0.4, -0.2) is 29.3 Å². The zero-order valence-electron chi connectivity index (χ0n) is 11.5. The number of hydrogen-bond acceptors (Lipinski definition) is 5. The van der Waals surface area contributed by atoms with Gasteiger partial charge >= 0.3 is 0 Å². The summed E-state index contributed by atoms with van der Waals surface area (Å²) in [6, 6.07) is 4.98. The highest BCUT2D eigenvalue weighted by molar-refractivity contribution is 7.09. The largest absolute Gasteiger partial charge is 0.489 e. The molecule has 0 saturated heterocycles. The highest BCUT2D eigenvalue weighted by atomic mass is 35.5. The average molecular weight is 347 g/mol. The number of ether oxygens (including phenoxy) is 1. The number of aryl methyl sites for hydroxylation is 1. The first-order valence-electron chi connectivity index (χ1n) is 6.42. The SMILES string of the molecule is Cc1csc(CNCC(O)COc2ccc(Cl)cc2Cl)n1. The van der Waals surface area contributed by atoms with E-state index >= 15 is 0 Å². The maximum absolute atomic E-state index is 9.87. The second kappa shape index (κ2) is 7.96. The summed E-state index contributed by atoms with van der Waals surface area (Å²) in [4.78, 5) is 4.33. The number of rotatable bonds is 7. The van der Waals surface area contributed by atoms with E-state index in [1.54, 1.807) is 29.5 Å². The summed E-state index contributed by atoms with van der Waals surface area (Å²) in [5, 5.41) is 17.0. The second-order valence-electron chi connectivity index (χ2n) is 4.55. The first-order chi connectivity index (χ1) is 10.0.